The molecule has 4 nitrogen and oxygen atoms in total. The molecule has 0 aliphatic rings. The normalized spacial score (nSPS) is 12.8. The summed E-state index contributed by atoms with van der Waals surface area (Å²) in [6, 6.07) is 8.19. The van der Waals surface area contributed by atoms with Gasteiger partial charge in [-0.05, 0) is 24.6 Å². The van der Waals surface area contributed by atoms with Gasteiger partial charge in [-0.1, -0.05) is 31.2 Å². The van der Waals surface area contributed by atoms with Crippen molar-refractivity contribution in [2.24, 2.45) is 7.05 Å². The molecular formula is C16H23N3O. The lowest BCUT2D eigenvalue weighted by Crippen LogP contribution is -2.25. The number of hydrogen-bond acceptors (Lipinski definition) is 3. The molecule has 0 bridgehead atoms. The van der Waals surface area contributed by atoms with Crippen LogP contribution in [0.15, 0.2) is 36.7 Å². The zero-order valence-corrected chi connectivity index (χ0v) is 12.5. The molecule has 1 unspecified atom stereocenters. The Kier molecular flexibility index (Phi) is 4.93. The summed E-state index contributed by atoms with van der Waals surface area (Å²) < 4.78 is 2.00. The standard InChI is InChI=1S/C16H23N3O/c1-4-13-5-7-14(8-6-13)15(20)11-18(2)12-16-17-9-10-19(16)3/h5-10,15,20H,4,11-12H2,1-3H3. The molecule has 0 aliphatic carbocycles. The first-order valence-corrected chi connectivity index (χ1v) is 7.01. The maximum Gasteiger partial charge on any atom is 0.122 e. The van der Waals surface area contributed by atoms with Crippen molar-refractivity contribution >= 4 is 0 Å². The second kappa shape index (κ2) is 6.68. The summed E-state index contributed by atoms with van der Waals surface area (Å²) in [5, 5.41) is 10.3. The predicted molar refractivity (Wildman–Crippen MR) is 80.3 cm³/mol. The van der Waals surface area contributed by atoms with Crippen molar-refractivity contribution in [2.45, 2.75) is 26.0 Å². The van der Waals surface area contributed by atoms with E-state index in [-0.39, 0.29) is 0 Å². The Bertz CT molecular complexity index is 533. The summed E-state index contributed by atoms with van der Waals surface area (Å²) in [5.41, 5.74) is 2.26. The van der Waals surface area contributed by atoms with Gasteiger partial charge in [0, 0.05) is 26.0 Å². The Morgan fingerprint density at radius 2 is 2.00 bits per heavy atom. The number of rotatable bonds is 6. The molecule has 0 aliphatic heterocycles. The van der Waals surface area contributed by atoms with Gasteiger partial charge in [0.2, 0.25) is 0 Å². The van der Waals surface area contributed by atoms with Crippen molar-refractivity contribution in [3.63, 3.8) is 0 Å². The molecule has 0 saturated heterocycles. The lowest BCUT2D eigenvalue weighted by atomic mass is 10.1. The van der Waals surface area contributed by atoms with Crippen LogP contribution in [0.25, 0.3) is 0 Å². The number of likely N-dealkylation sites (N-methyl/N-ethyl adjacent to an activating group) is 1. The molecule has 1 N–H and O–H groups in total. The lowest BCUT2D eigenvalue weighted by Gasteiger charge is -2.20. The Morgan fingerprint density at radius 3 is 2.55 bits per heavy atom. The summed E-state index contributed by atoms with van der Waals surface area (Å²) >= 11 is 0. The van der Waals surface area contributed by atoms with E-state index in [0.29, 0.717) is 6.54 Å². The van der Waals surface area contributed by atoms with Crippen LogP contribution in [0.3, 0.4) is 0 Å². The largest absolute Gasteiger partial charge is 0.387 e. The molecule has 1 aromatic carbocycles. The van der Waals surface area contributed by atoms with E-state index in [1.165, 1.54) is 5.56 Å². The van der Waals surface area contributed by atoms with E-state index in [1.807, 2.05) is 37.0 Å². The van der Waals surface area contributed by atoms with Crippen molar-refractivity contribution in [2.75, 3.05) is 13.6 Å². The van der Waals surface area contributed by atoms with E-state index in [1.54, 1.807) is 6.20 Å². The van der Waals surface area contributed by atoms with Crippen molar-refractivity contribution in [3.8, 4) is 0 Å². The first-order chi connectivity index (χ1) is 9.60. The molecule has 0 spiro atoms. The second-order valence-corrected chi connectivity index (χ2v) is 5.26. The Labute approximate surface area is 120 Å². The van der Waals surface area contributed by atoms with Gasteiger partial charge in [-0.25, -0.2) is 4.98 Å². The SMILES string of the molecule is CCc1ccc(C(O)CN(C)Cc2nccn2C)cc1. The predicted octanol–water partition coefficient (Wildman–Crippen LogP) is 2.15. The third-order valence-corrected chi connectivity index (χ3v) is 3.59. The molecule has 108 valence electrons. The van der Waals surface area contributed by atoms with Crippen LogP contribution >= 0.6 is 0 Å². The average Bonchev–Trinajstić information content (AvgIpc) is 2.84. The highest BCUT2D eigenvalue weighted by molar-refractivity contribution is 5.24. The third kappa shape index (κ3) is 3.68. The minimum absolute atomic E-state index is 0.467. The van der Waals surface area contributed by atoms with Crippen LogP contribution in [-0.4, -0.2) is 33.1 Å². The van der Waals surface area contributed by atoms with Crippen molar-refractivity contribution in [1.29, 1.82) is 0 Å². The van der Waals surface area contributed by atoms with Crippen LogP contribution in [0.1, 0.15) is 30.0 Å². The van der Waals surface area contributed by atoms with E-state index in [0.717, 1.165) is 24.4 Å². The number of aliphatic hydroxyl groups is 1. The number of aliphatic hydroxyl groups excluding tert-OH is 1. The maximum absolute atomic E-state index is 10.3. The van der Waals surface area contributed by atoms with Crippen LogP contribution in [0.2, 0.25) is 0 Å². The fraction of sp³-hybridized carbons (Fsp3) is 0.438. The number of nitrogens with zero attached hydrogens (tertiary/aromatic N) is 3. The Balaban J connectivity index is 1.92. The van der Waals surface area contributed by atoms with Gasteiger partial charge in [-0.2, -0.15) is 0 Å². The quantitative estimate of drug-likeness (QED) is 0.877. The monoisotopic (exact) mass is 273 g/mol. The van der Waals surface area contributed by atoms with Crippen LogP contribution < -0.4 is 0 Å². The molecule has 2 rings (SSSR count). The van der Waals surface area contributed by atoms with E-state index in [4.69, 9.17) is 0 Å². The number of aryl methyl sites for hydroxylation is 2. The van der Waals surface area contributed by atoms with Gasteiger partial charge in [0.15, 0.2) is 0 Å². The third-order valence-electron chi connectivity index (χ3n) is 3.59. The zero-order chi connectivity index (χ0) is 14.5. The number of aromatic nitrogens is 2. The fourth-order valence-corrected chi connectivity index (χ4v) is 2.23. The first-order valence-electron chi connectivity index (χ1n) is 7.01. The number of hydrogen-bond donors (Lipinski definition) is 1. The number of imidazole rings is 1. The highest BCUT2D eigenvalue weighted by atomic mass is 16.3. The van der Waals surface area contributed by atoms with E-state index >= 15 is 0 Å². The van der Waals surface area contributed by atoms with Gasteiger partial charge in [0.1, 0.15) is 5.82 Å². The van der Waals surface area contributed by atoms with Gasteiger partial charge in [0.25, 0.3) is 0 Å². The van der Waals surface area contributed by atoms with Crippen LogP contribution in [0.4, 0.5) is 0 Å². The molecule has 20 heavy (non-hydrogen) atoms. The van der Waals surface area contributed by atoms with E-state index in [9.17, 15) is 5.11 Å². The van der Waals surface area contributed by atoms with Crippen molar-refractivity contribution in [1.82, 2.24) is 14.5 Å². The molecule has 0 amide bonds. The van der Waals surface area contributed by atoms with Crippen LogP contribution in [-0.2, 0) is 20.0 Å². The molecule has 0 fully saturated rings. The fourth-order valence-electron chi connectivity index (χ4n) is 2.23. The van der Waals surface area contributed by atoms with Crippen molar-refractivity contribution < 1.29 is 5.11 Å². The van der Waals surface area contributed by atoms with Crippen molar-refractivity contribution in [3.05, 3.63) is 53.6 Å². The molecule has 0 radical (unpaired) electrons. The summed E-state index contributed by atoms with van der Waals surface area (Å²) in [4.78, 5) is 6.38. The van der Waals surface area contributed by atoms with Gasteiger partial charge in [0.05, 0.1) is 12.6 Å². The summed E-state index contributed by atoms with van der Waals surface area (Å²) in [5.74, 6) is 1.00. The van der Waals surface area contributed by atoms with Gasteiger partial charge in [-0.15, -0.1) is 0 Å². The van der Waals surface area contributed by atoms with Crippen LogP contribution in [0.5, 0.6) is 0 Å². The Hall–Kier alpha value is -1.65. The number of benzene rings is 1. The molecule has 0 saturated carbocycles. The Morgan fingerprint density at radius 1 is 1.30 bits per heavy atom. The topological polar surface area (TPSA) is 41.3 Å². The highest BCUT2D eigenvalue weighted by Gasteiger charge is 2.12. The second-order valence-electron chi connectivity index (χ2n) is 5.26. The zero-order valence-electron chi connectivity index (χ0n) is 12.5. The average molecular weight is 273 g/mol. The molecule has 4 heteroatoms. The minimum atomic E-state index is -0.467. The highest BCUT2D eigenvalue weighted by Crippen LogP contribution is 2.15. The van der Waals surface area contributed by atoms with E-state index in [2.05, 4.69) is 28.9 Å². The van der Waals surface area contributed by atoms with Gasteiger partial charge in [-0.3, -0.25) is 4.90 Å². The molecule has 1 aromatic heterocycles. The molecular weight excluding hydrogens is 250 g/mol. The molecule has 1 atom stereocenters. The smallest absolute Gasteiger partial charge is 0.122 e. The summed E-state index contributed by atoms with van der Waals surface area (Å²) in [6.07, 6.45) is 4.29. The minimum Gasteiger partial charge on any atom is -0.387 e. The van der Waals surface area contributed by atoms with E-state index < -0.39 is 6.10 Å². The maximum atomic E-state index is 10.3. The first kappa shape index (κ1) is 14.8. The molecule has 2 aromatic rings. The summed E-state index contributed by atoms with van der Waals surface area (Å²) in [7, 11) is 3.98. The van der Waals surface area contributed by atoms with Gasteiger partial charge >= 0.3 is 0 Å². The molecule has 1 heterocycles. The van der Waals surface area contributed by atoms with Gasteiger partial charge < -0.3 is 9.67 Å². The van der Waals surface area contributed by atoms with Crippen LogP contribution in [0, 0.1) is 0 Å². The summed E-state index contributed by atoms with van der Waals surface area (Å²) in [6.45, 7) is 3.46. The lowest BCUT2D eigenvalue weighted by molar-refractivity contribution is 0.122.